The lowest BCUT2D eigenvalue weighted by molar-refractivity contribution is -0.145. The zero-order valence-corrected chi connectivity index (χ0v) is 31.4. The van der Waals surface area contributed by atoms with Crippen LogP contribution in [0.15, 0.2) is 72.8 Å². The van der Waals surface area contributed by atoms with Gasteiger partial charge >= 0.3 is 5.97 Å². The fourth-order valence-electron chi connectivity index (χ4n) is 7.93. The van der Waals surface area contributed by atoms with Crippen molar-refractivity contribution in [3.8, 4) is 0 Å². The van der Waals surface area contributed by atoms with Gasteiger partial charge in [-0.2, -0.15) is 0 Å². The Kier molecular flexibility index (Phi) is 13.6. The number of benzene rings is 3. The molecular weight excluding hydrogens is 698 g/mol. The van der Waals surface area contributed by atoms with Gasteiger partial charge in [-0.05, 0) is 70.7 Å². The zero-order valence-electron chi connectivity index (χ0n) is 31.4. The largest absolute Gasteiger partial charge is 0.465 e. The van der Waals surface area contributed by atoms with Gasteiger partial charge in [-0.25, -0.2) is 0 Å². The second kappa shape index (κ2) is 19.0. The normalized spacial score (nSPS) is 16.4. The Morgan fingerprint density at radius 2 is 1.67 bits per heavy atom. The van der Waals surface area contributed by atoms with Gasteiger partial charge in [0.15, 0.2) is 11.9 Å². The van der Waals surface area contributed by atoms with Crippen LogP contribution < -0.4 is 16.0 Å². The van der Waals surface area contributed by atoms with Crippen LogP contribution in [-0.2, 0) is 48.1 Å². The molecule has 3 aliphatic rings. The summed E-state index contributed by atoms with van der Waals surface area (Å²) in [6.07, 6.45) is 11.4. The average molecular weight is 750 g/mol. The van der Waals surface area contributed by atoms with Gasteiger partial charge in [-0.3, -0.25) is 24.0 Å². The van der Waals surface area contributed by atoms with Crippen molar-refractivity contribution >= 4 is 45.8 Å². The van der Waals surface area contributed by atoms with Crippen molar-refractivity contribution in [1.82, 2.24) is 16.0 Å². The van der Waals surface area contributed by atoms with Gasteiger partial charge in [-0.15, -0.1) is 0 Å². The van der Waals surface area contributed by atoms with E-state index in [2.05, 4.69) is 46.3 Å². The summed E-state index contributed by atoms with van der Waals surface area (Å²) in [6.45, 7) is 1.26. The van der Waals surface area contributed by atoms with Gasteiger partial charge in [-0.1, -0.05) is 105 Å². The Morgan fingerprint density at radius 3 is 2.45 bits per heavy atom. The number of carbonyl (C=O) groups excluding carboxylic acids is 5. The number of hydrogen-bond acceptors (Lipinski definition) is 8. The molecule has 3 atom stereocenters. The number of hydrogen-bond donors (Lipinski definition) is 4. The molecule has 290 valence electrons. The molecule has 11 heteroatoms. The third kappa shape index (κ3) is 10.1. The van der Waals surface area contributed by atoms with Crippen molar-refractivity contribution in [2.45, 2.75) is 95.9 Å². The molecule has 0 radical (unpaired) electrons. The number of aliphatic hydroxyl groups excluding tert-OH is 1. The van der Waals surface area contributed by atoms with Gasteiger partial charge in [0, 0.05) is 18.4 Å². The first-order valence-corrected chi connectivity index (χ1v) is 19.5. The third-order valence-electron chi connectivity index (χ3n) is 10.8. The van der Waals surface area contributed by atoms with Gasteiger partial charge < -0.3 is 30.5 Å². The van der Waals surface area contributed by atoms with Crippen molar-refractivity contribution in [2.24, 2.45) is 5.92 Å². The van der Waals surface area contributed by atoms with Crippen LogP contribution in [-0.4, -0.2) is 72.5 Å². The van der Waals surface area contributed by atoms with Crippen molar-refractivity contribution in [1.29, 1.82) is 0 Å². The second-order valence-electron chi connectivity index (χ2n) is 14.6. The number of amides is 3. The SMILES string of the molecule is CCOC(=O)CNC(=O)C(O)[C@H](COCc1ccccc1)NC(=O)[C@H](CC1CCCCC1)NC(=O)CCC(=O)c1ccc2ccc3c4c2c1CC=C4C=CC3. The molecule has 3 aromatic rings. The minimum Gasteiger partial charge on any atom is -0.465 e. The number of Topliss-reactive ketones (excluding diaryl/α,β-unsaturated/α-hetero) is 1. The lowest BCUT2D eigenvalue weighted by Gasteiger charge is -2.29. The van der Waals surface area contributed by atoms with Crippen LogP contribution in [0.3, 0.4) is 0 Å². The molecule has 0 bridgehead atoms. The van der Waals surface area contributed by atoms with Crippen LogP contribution in [0.5, 0.6) is 0 Å². The van der Waals surface area contributed by atoms with Gasteiger partial charge in [0.2, 0.25) is 11.8 Å². The predicted octanol–water partition coefficient (Wildman–Crippen LogP) is 5.05. The molecule has 4 N–H and O–H groups in total. The van der Waals surface area contributed by atoms with E-state index in [1.54, 1.807) is 6.92 Å². The number of ether oxygens (including phenoxy) is 2. The van der Waals surface area contributed by atoms with E-state index < -0.39 is 48.4 Å². The minimum absolute atomic E-state index is 0.0249. The molecular formula is C44H51N3O8. The van der Waals surface area contributed by atoms with Crippen LogP contribution in [0.4, 0.5) is 0 Å². The highest BCUT2D eigenvalue weighted by Crippen LogP contribution is 2.40. The molecule has 0 aliphatic heterocycles. The van der Waals surface area contributed by atoms with Crippen molar-refractivity contribution < 1.29 is 38.6 Å². The number of esters is 1. The number of aliphatic hydroxyl groups is 1. The fourth-order valence-corrected chi connectivity index (χ4v) is 7.93. The summed E-state index contributed by atoms with van der Waals surface area (Å²) in [5.41, 5.74) is 6.07. The van der Waals surface area contributed by atoms with Gasteiger partial charge in [0.05, 0.1) is 25.9 Å². The molecule has 3 amide bonds. The summed E-state index contributed by atoms with van der Waals surface area (Å²) in [6, 6.07) is 15.2. The summed E-state index contributed by atoms with van der Waals surface area (Å²) < 4.78 is 10.7. The second-order valence-corrected chi connectivity index (χ2v) is 14.6. The lowest BCUT2D eigenvalue weighted by Crippen LogP contribution is -2.57. The van der Waals surface area contributed by atoms with E-state index in [9.17, 15) is 29.1 Å². The summed E-state index contributed by atoms with van der Waals surface area (Å²) in [5.74, 6) is -2.50. The Labute approximate surface area is 321 Å². The highest BCUT2D eigenvalue weighted by Gasteiger charge is 2.33. The minimum atomic E-state index is -1.77. The standard InChI is InChI=1S/C44H51N3O8/c1-2-55-39(50)25-45-44(53)42(51)36(27-54-26-29-12-7-4-8-13-29)47-43(52)35(24-28-10-5-3-6-11-28)46-38(49)23-22-37(48)33-20-18-32-17-16-30-14-9-15-31-19-21-34(33)41(32)40(30)31/h4,7-9,12-13,15-20,28,35-36,42,51H,2-3,5-6,10-11,14,21-27H2,1H3,(H,45,53)(H,46,49)(H,47,52)/t35-,36-,42?/m0/s1. The van der Waals surface area contributed by atoms with Crippen molar-refractivity contribution in [3.63, 3.8) is 0 Å². The van der Waals surface area contributed by atoms with Crippen LogP contribution in [0.1, 0.15) is 90.9 Å². The molecule has 55 heavy (non-hydrogen) atoms. The van der Waals surface area contributed by atoms with Crippen LogP contribution in [0.2, 0.25) is 0 Å². The Hall–Kier alpha value is -5.13. The Bertz CT molecular complexity index is 1950. The van der Waals surface area contributed by atoms with E-state index in [1.807, 2.05) is 42.5 Å². The molecule has 1 saturated carbocycles. The summed E-state index contributed by atoms with van der Waals surface area (Å²) in [5, 5.41) is 21.3. The quantitative estimate of drug-likeness (QED) is 0.104. The van der Waals surface area contributed by atoms with E-state index in [-0.39, 0.29) is 44.4 Å². The molecule has 3 aliphatic carbocycles. The molecule has 0 aromatic heterocycles. The predicted molar refractivity (Wildman–Crippen MR) is 209 cm³/mol. The van der Waals surface area contributed by atoms with E-state index in [4.69, 9.17) is 9.47 Å². The first kappa shape index (κ1) is 39.6. The van der Waals surface area contributed by atoms with Gasteiger partial charge in [0.1, 0.15) is 12.6 Å². The molecule has 11 nitrogen and oxygen atoms in total. The third-order valence-corrected chi connectivity index (χ3v) is 10.8. The van der Waals surface area contributed by atoms with Crippen LogP contribution in [0, 0.1) is 5.92 Å². The highest BCUT2D eigenvalue weighted by molar-refractivity contribution is 6.09. The molecule has 0 spiro atoms. The maximum absolute atomic E-state index is 14.0. The molecule has 1 unspecified atom stereocenters. The topological polar surface area (TPSA) is 160 Å². The number of allylic oxidation sites excluding steroid dienone is 4. The summed E-state index contributed by atoms with van der Waals surface area (Å²) in [7, 11) is 0. The van der Waals surface area contributed by atoms with E-state index in [0.717, 1.165) is 60.4 Å². The Balaban J connectivity index is 1.13. The first-order valence-electron chi connectivity index (χ1n) is 19.5. The smallest absolute Gasteiger partial charge is 0.325 e. The number of rotatable bonds is 18. The lowest BCUT2D eigenvalue weighted by atomic mass is 9.79. The van der Waals surface area contributed by atoms with E-state index >= 15 is 0 Å². The first-order chi connectivity index (χ1) is 26.7. The summed E-state index contributed by atoms with van der Waals surface area (Å²) in [4.78, 5) is 66.0. The number of ketones is 1. The molecule has 0 heterocycles. The van der Waals surface area contributed by atoms with Crippen LogP contribution in [0.25, 0.3) is 16.3 Å². The van der Waals surface area contributed by atoms with E-state index in [1.165, 1.54) is 16.7 Å². The van der Waals surface area contributed by atoms with Crippen LogP contribution >= 0.6 is 0 Å². The zero-order chi connectivity index (χ0) is 38.7. The molecule has 1 fully saturated rings. The van der Waals surface area contributed by atoms with Gasteiger partial charge in [0.25, 0.3) is 5.91 Å². The summed E-state index contributed by atoms with van der Waals surface area (Å²) >= 11 is 0. The number of nitrogens with one attached hydrogen (secondary N) is 3. The monoisotopic (exact) mass is 749 g/mol. The van der Waals surface area contributed by atoms with Crippen molar-refractivity contribution in [2.75, 3.05) is 19.8 Å². The molecule has 0 saturated heterocycles. The molecule has 3 aromatic carbocycles. The van der Waals surface area contributed by atoms with Crippen molar-refractivity contribution in [3.05, 3.63) is 101 Å². The number of carbonyl (C=O) groups is 5. The fraction of sp³-hybridized carbons (Fsp3) is 0.432. The molecule has 6 rings (SSSR count). The average Bonchev–Trinajstić information content (AvgIpc) is 3.21. The Morgan fingerprint density at radius 1 is 0.891 bits per heavy atom. The maximum atomic E-state index is 14.0. The maximum Gasteiger partial charge on any atom is 0.325 e. The highest BCUT2D eigenvalue weighted by atomic mass is 16.5. The van der Waals surface area contributed by atoms with E-state index in [0.29, 0.717) is 18.4 Å².